The maximum atomic E-state index is 10.8. The molecule has 0 bridgehead atoms. The van der Waals surface area contributed by atoms with E-state index in [2.05, 4.69) is 10.2 Å². The minimum Gasteiger partial charge on any atom is -0.478 e. The number of hydrogen-bond acceptors (Lipinski definition) is 2. The number of H-pyrrole nitrogens is 1. The smallest absolute Gasteiger partial charge is 0.339 e. The second-order valence-corrected chi connectivity index (χ2v) is 2.97. The van der Waals surface area contributed by atoms with Crippen LogP contribution in [0.25, 0.3) is 10.9 Å². The Hall–Kier alpha value is -1.55. The molecule has 0 fully saturated rings. The standard InChI is InChI=1S/C8H5ClN2O2/c9-5-2-1-4-3-10-11-7(4)6(5)8(12)13/h1-3H,(H,10,11)(H,12,13). The molecule has 0 saturated heterocycles. The van der Waals surface area contributed by atoms with Crippen LogP contribution in [0.15, 0.2) is 18.3 Å². The first kappa shape index (κ1) is 8.07. The molecule has 0 unspecified atom stereocenters. The lowest BCUT2D eigenvalue weighted by atomic mass is 10.1. The van der Waals surface area contributed by atoms with Gasteiger partial charge in [0.1, 0.15) is 5.56 Å². The molecular weight excluding hydrogens is 192 g/mol. The highest BCUT2D eigenvalue weighted by Gasteiger charge is 2.13. The number of aromatic carboxylic acids is 1. The van der Waals surface area contributed by atoms with Crippen molar-refractivity contribution in [3.05, 3.63) is 28.9 Å². The van der Waals surface area contributed by atoms with E-state index in [0.717, 1.165) is 5.39 Å². The molecule has 66 valence electrons. The van der Waals surface area contributed by atoms with Gasteiger partial charge in [0.2, 0.25) is 0 Å². The topological polar surface area (TPSA) is 66.0 Å². The number of nitrogens with one attached hydrogen (secondary N) is 1. The third kappa shape index (κ3) is 1.15. The molecule has 4 nitrogen and oxygen atoms in total. The highest BCUT2D eigenvalue weighted by atomic mass is 35.5. The first-order valence-corrected chi connectivity index (χ1v) is 3.93. The number of rotatable bonds is 1. The lowest BCUT2D eigenvalue weighted by Gasteiger charge is -1.98. The van der Waals surface area contributed by atoms with E-state index < -0.39 is 5.97 Å². The Morgan fingerprint density at radius 3 is 3.00 bits per heavy atom. The van der Waals surface area contributed by atoms with Gasteiger partial charge in [0.05, 0.1) is 16.7 Å². The summed E-state index contributed by atoms with van der Waals surface area (Å²) >= 11 is 5.73. The van der Waals surface area contributed by atoms with Crippen LogP contribution >= 0.6 is 11.6 Å². The van der Waals surface area contributed by atoms with E-state index in [1.165, 1.54) is 0 Å². The second kappa shape index (κ2) is 2.74. The van der Waals surface area contributed by atoms with E-state index in [4.69, 9.17) is 16.7 Å². The Morgan fingerprint density at radius 1 is 1.54 bits per heavy atom. The number of nitrogens with zero attached hydrogens (tertiary/aromatic N) is 1. The van der Waals surface area contributed by atoms with Crippen molar-refractivity contribution in [2.45, 2.75) is 0 Å². The molecule has 0 spiro atoms. The van der Waals surface area contributed by atoms with E-state index >= 15 is 0 Å². The molecule has 0 aliphatic carbocycles. The molecule has 1 heterocycles. The summed E-state index contributed by atoms with van der Waals surface area (Å²) in [5, 5.41) is 16.1. The van der Waals surface area contributed by atoms with Crippen molar-refractivity contribution in [1.82, 2.24) is 10.2 Å². The first-order valence-electron chi connectivity index (χ1n) is 3.55. The van der Waals surface area contributed by atoms with Crippen LogP contribution < -0.4 is 0 Å². The van der Waals surface area contributed by atoms with Gasteiger partial charge < -0.3 is 5.11 Å². The van der Waals surface area contributed by atoms with Crippen molar-refractivity contribution in [1.29, 1.82) is 0 Å². The summed E-state index contributed by atoms with van der Waals surface area (Å²) in [6.45, 7) is 0. The van der Waals surface area contributed by atoms with Gasteiger partial charge in [0, 0.05) is 5.39 Å². The van der Waals surface area contributed by atoms with Crippen molar-refractivity contribution in [2.24, 2.45) is 0 Å². The Balaban J connectivity index is 2.88. The minimum atomic E-state index is -1.06. The van der Waals surface area contributed by atoms with Gasteiger partial charge in [-0.05, 0) is 12.1 Å². The third-order valence-corrected chi connectivity index (χ3v) is 2.10. The molecule has 0 aliphatic rings. The van der Waals surface area contributed by atoms with E-state index in [0.29, 0.717) is 5.52 Å². The predicted molar refractivity (Wildman–Crippen MR) is 48.1 cm³/mol. The van der Waals surface area contributed by atoms with Crippen molar-refractivity contribution in [2.75, 3.05) is 0 Å². The summed E-state index contributed by atoms with van der Waals surface area (Å²) in [5.74, 6) is -1.06. The number of carboxylic acid groups (broad SMARTS) is 1. The predicted octanol–water partition coefficient (Wildman–Crippen LogP) is 1.91. The molecule has 1 aromatic carbocycles. The molecule has 13 heavy (non-hydrogen) atoms. The van der Waals surface area contributed by atoms with Crippen LogP contribution in [0.2, 0.25) is 5.02 Å². The summed E-state index contributed by atoms with van der Waals surface area (Å²) in [6.07, 6.45) is 1.55. The summed E-state index contributed by atoms with van der Waals surface area (Å²) in [5.41, 5.74) is 0.525. The lowest BCUT2D eigenvalue weighted by molar-refractivity contribution is 0.0699. The minimum absolute atomic E-state index is 0.0664. The van der Waals surface area contributed by atoms with Gasteiger partial charge in [-0.1, -0.05) is 11.6 Å². The fraction of sp³-hybridized carbons (Fsp3) is 0. The van der Waals surface area contributed by atoms with Gasteiger partial charge in [-0.2, -0.15) is 5.10 Å². The summed E-state index contributed by atoms with van der Waals surface area (Å²) in [4.78, 5) is 10.8. The average molecular weight is 197 g/mol. The van der Waals surface area contributed by atoms with E-state index in [1.54, 1.807) is 18.3 Å². The molecule has 0 amide bonds. The largest absolute Gasteiger partial charge is 0.478 e. The molecule has 2 rings (SSSR count). The zero-order chi connectivity index (χ0) is 9.42. The number of carboxylic acids is 1. The molecule has 0 radical (unpaired) electrons. The Morgan fingerprint density at radius 2 is 2.31 bits per heavy atom. The highest BCUT2D eigenvalue weighted by Crippen LogP contribution is 2.23. The quantitative estimate of drug-likeness (QED) is 0.732. The van der Waals surface area contributed by atoms with Crippen LogP contribution in [-0.2, 0) is 0 Å². The Bertz CT molecular complexity index is 478. The summed E-state index contributed by atoms with van der Waals surface area (Å²) in [7, 11) is 0. The number of benzene rings is 1. The van der Waals surface area contributed by atoms with Crippen LogP contribution in [0.5, 0.6) is 0 Å². The van der Waals surface area contributed by atoms with Crippen LogP contribution in [0.4, 0.5) is 0 Å². The van der Waals surface area contributed by atoms with Gasteiger partial charge in [-0.15, -0.1) is 0 Å². The van der Waals surface area contributed by atoms with E-state index in [1.807, 2.05) is 0 Å². The van der Waals surface area contributed by atoms with Crippen LogP contribution in [0, 0.1) is 0 Å². The van der Waals surface area contributed by atoms with Crippen LogP contribution in [0.1, 0.15) is 10.4 Å². The molecule has 0 atom stereocenters. The van der Waals surface area contributed by atoms with Crippen LogP contribution in [0.3, 0.4) is 0 Å². The first-order chi connectivity index (χ1) is 6.20. The summed E-state index contributed by atoms with van der Waals surface area (Å²) in [6, 6.07) is 3.26. The number of carbonyl (C=O) groups is 1. The van der Waals surface area contributed by atoms with Crippen molar-refractivity contribution >= 4 is 28.5 Å². The van der Waals surface area contributed by atoms with Gasteiger partial charge in [-0.25, -0.2) is 4.79 Å². The fourth-order valence-electron chi connectivity index (χ4n) is 1.20. The Labute approximate surface area is 78.1 Å². The van der Waals surface area contributed by atoms with Crippen molar-refractivity contribution in [3.8, 4) is 0 Å². The molecule has 1 aromatic heterocycles. The monoisotopic (exact) mass is 196 g/mol. The van der Waals surface area contributed by atoms with Gasteiger partial charge in [-0.3, -0.25) is 5.10 Å². The second-order valence-electron chi connectivity index (χ2n) is 2.56. The molecule has 2 N–H and O–H groups in total. The zero-order valence-corrected chi connectivity index (χ0v) is 7.17. The number of fused-ring (bicyclic) bond motifs is 1. The zero-order valence-electron chi connectivity index (χ0n) is 6.41. The fourth-order valence-corrected chi connectivity index (χ4v) is 1.44. The molecule has 0 saturated carbocycles. The van der Waals surface area contributed by atoms with Crippen molar-refractivity contribution in [3.63, 3.8) is 0 Å². The molecular formula is C8H5ClN2O2. The summed E-state index contributed by atoms with van der Waals surface area (Å²) < 4.78 is 0. The van der Waals surface area contributed by atoms with Gasteiger partial charge in [0.25, 0.3) is 0 Å². The van der Waals surface area contributed by atoms with Crippen molar-refractivity contribution < 1.29 is 9.90 Å². The Kier molecular flexibility index (Phi) is 1.70. The molecule has 0 aliphatic heterocycles. The third-order valence-electron chi connectivity index (χ3n) is 1.78. The van der Waals surface area contributed by atoms with E-state index in [-0.39, 0.29) is 10.6 Å². The van der Waals surface area contributed by atoms with Crippen LogP contribution in [-0.4, -0.2) is 21.3 Å². The number of aromatic nitrogens is 2. The normalized spacial score (nSPS) is 10.5. The number of hydrogen-bond donors (Lipinski definition) is 2. The lowest BCUT2D eigenvalue weighted by Crippen LogP contribution is -1.98. The molecule has 5 heteroatoms. The maximum Gasteiger partial charge on any atom is 0.339 e. The number of aromatic amines is 1. The SMILES string of the molecule is O=C(O)c1c(Cl)ccc2cn[nH]c12. The molecule has 2 aromatic rings. The number of halogens is 1. The average Bonchev–Trinajstić information content (AvgIpc) is 2.50. The highest BCUT2D eigenvalue weighted by molar-refractivity contribution is 6.35. The van der Waals surface area contributed by atoms with Gasteiger partial charge >= 0.3 is 5.97 Å². The maximum absolute atomic E-state index is 10.8. The van der Waals surface area contributed by atoms with E-state index in [9.17, 15) is 4.79 Å². The van der Waals surface area contributed by atoms with Gasteiger partial charge in [0.15, 0.2) is 0 Å².